The van der Waals surface area contributed by atoms with Gasteiger partial charge in [0.05, 0.1) is 0 Å². The van der Waals surface area contributed by atoms with E-state index >= 15 is 0 Å². The van der Waals surface area contributed by atoms with Gasteiger partial charge in [0.15, 0.2) is 0 Å². The summed E-state index contributed by atoms with van der Waals surface area (Å²) in [5.74, 6) is -2.77. The van der Waals surface area contributed by atoms with Crippen LogP contribution in [-0.2, 0) is 23.9 Å². The Labute approximate surface area is 433 Å². The highest BCUT2D eigenvalue weighted by Gasteiger charge is 2.22. The second kappa shape index (κ2) is 47.0. The summed E-state index contributed by atoms with van der Waals surface area (Å²) in [6.45, 7) is 5.42. The number of thioether (sulfide) groups is 1. The summed E-state index contributed by atoms with van der Waals surface area (Å²) in [5, 5.41) is 29.0. The second-order valence-electron chi connectivity index (χ2n) is 19.3. The largest absolute Gasteiger partial charge is 0.481 e. The quantitative estimate of drug-likeness (QED) is 0.0338. The maximum Gasteiger partial charge on any atom is 0.407 e. The second-order valence-corrected chi connectivity index (χ2v) is 20.5. The van der Waals surface area contributed by atoms with Gasteiger partial charge in [0.1, 0.15) is 18.8 Å². The van der Waals surface area contributed by atoms with Crippen molar-refractivity contribution < 1.29 is 48.5 Å². The number of rotatable bonds is 49. The summed E-state index contributed by atoms with van der Waals surface area (Å²) < 4.78 is 11.2. The van der Waals surface area contributed by atoms with Crippen LogP contribution in [0.4, 0.5) is 15.3 Å². The first-order valence-electron chi connectivity index (χ1n) is 28.1. The molecule has 0 bridgehead atoms. The van der Waals surface area contributed by atoms with E-state index in [2.05, 4.69) is 35.1 Å². The van der Waals surface area contributed by atoms with Crippen LogP contribution in [0.15, 0.2) is 24.3 Å². The molecule has 1 aromatic carbocycles. The highest BCUT2D eigenvalue weighted by Crippen LogP contribution is 2.17. The molecule has 0 aliphatic rings. The maximum atomic E-state index is 12.8. The third kappa shape index (κ3) is 41.2. The Morgan fingerprint density at radius 2 is 0.944 bits per heavy atom. The summed E-state index contributed by atoms with van der Waals surface area (Å²) in [5.41, 5.74) is 0.579. The van der Waals surface area contributed by atoms with E-state index in [4.69, 9.17) is 14.6 Å². The van der Waals surface area contributed by atoms with Crippen molar-refractivity contribution in [3.8, 4) is 0 Å². The molecule has 0 spiro atoms. The van der Waals surface area contributed by atoms with Gasteiger partial charge in [-0.05, 0) is 43.5 Å². The van der Waals surface area contributed by atoms with Crippen molar-refractivity contribution >= 4 is 53.4 Å². The molecule has 0 aromatic heterocycles. The number of carboxylic acids is 2. The van der Waals surface area contributed by atoms with Gasteiger partial charge >= 0.3 is 24.1 Å². The SMILES string of the molecule is CCCCCCCCCCCCCCCCCCNC(=O)OCC(CSCCC(=O)Nc1ccc(C(=O)NC(CCC(=O)O)C(=O)O)cc1)OC(=O)NCCCCCCCCCCCCCCCCCC. The zero-order valence-electron chi connectivity index (χ0n) is 44.3. The van der Waals surface area contributed by atoms with Crippen molar-refractivity contribution in [2.24, 2.45) is 0 Å². The molecule has 0 heterocycles. The zero-order valence-corrected chi connectivity index (χ0v) is 45.1. The van der Waals surface area contributed by atoms with Gasteiger partial charge in [-0.1, -0.05) is 206 Å². The number of aliphatic carboxylic acids is 2. The molecule has 6 N–H and O–H groups in total. The number of carbonyl (C=O) groups excluding carboxylic acids is 4. The number of hydrogen-bond donors (Lipinski definition) is 6. The number of hydrogen-bond acceptors (Lipinski definition) is 9. The normalized spacial score (nSPS) is 11.9. The van der Waals surface area contributed by atoms with Crippen LogP contribution in [0.5, 0.6) is 0 Å². The highest BCUT2D eigenvalue weighted by atomic mass is 32.2. The van der Waals surface area contributed by atoms with E-state index in [1.165, 1.54) is 203 Å². The van der Waals surface area contributed by atoms with Crippen molar-refractivity contribution in [2.45, 2.75) is 251 Å². The molecule has 0 aliphatic carbocycles. The Balaban J connectivity index is 2.43. The fraction of sp³-hybridized carbons (Fsp3) is 0.786. The lowest BCUT2D eigenvalue weighted by atomic mass is 10.0. The van der Waals surface area contributed by atoms with Gasteiger partial charge in [0.25, 0.3) is 5.91 Å². The number of ether oxygens (including phenoxy) is 2. The lowest BCUT2D eigenvalue weighted by Crippen LogP contribution is -2.41. The van der Waals surface area contributed by atoms with Gasteiger partial charge in [-0.25, -0.2) is 14.4 Å². The van der Waals surface area contributed by atoms with Gasteiger partial charge in [0.2, 0.25) is 5.91 Å². The number of anilines is 1. The molecule has 408 valence electrons. The van der Waals surface area contributed by atoms with Crippen molar-refractivity contribution in [2.75, 3.05) is 36.5 Å². The predicted octanol–water partition coefficient (Wildman–Crippen LogP) is 14.1. The molecule has 15 heteroatoms. The van der Waals surface area contributed by atoms with Crippen LogP contribution in [0, 0.1) is 0 Å². The average Bonchev–Trinajstić information content (AvgIpc) is 3.35. The Morgan fingerprint density at radius 3 is 1.35 bits per heavy atom. The molecule has 1 aromatic rings. The van der Waals surface area contributed by atoms with E-state index in [0.717, 1.165) is 38.5 Å². The maximum absolute atomic E-state index is 12.8. The summed E-state index contributed by atoms with van der Waals surface area (Å²) in [4.78, 5) is 73.1. The van der Waals surface area contributed by atoms with Crippen molar-refractivity contribution in [1.29, 1.82) is 0 Å². The fourth-order valence-corrected chi connectivity index (χ4v) is 9.25. The van der Waals surface area contributed by atoms with E-state index < -0.39 is 48.6 Å². The lowest BCUT2D eigenvalue weighted by molar-refractivity contribution is -0.140. The standard InChI is InChI=1S/C56H98N4O10S/c1-3-5-7-9-11-13-15-17-19-21-23-25-27-29-31-33-42-57-55(67)69-45-49(70-56(68)58-43-34-32-30-28-26-24-22-20-18-16-14-12-10-8-6-4-2)46-71-44-41-51(61)59-48-37-35-47(36-38-48)53(64)60-50(54(65)66)39-40-52(62)63/h35-38,49-50H,3-34,39-46H2,1-2H3,(H,57,67)(H,58,68)(H,59,61)(H,60,64)(H,62,63)(H,65,66). The zero-order chi connectivity index (χ0) is 51.8. The Morgan fingerprint density at radius 1 is 0.535 bits per heavy atom. The number of nitrogens with one attached hydrogen (secondary N) is 4. The Kier molecular flexibility index (Phi) is 43.1. The smallest absolute Gasteiger partial charge is 0.407 e. The minimum atomic E-state index is -1.36. The molecule has 71 heavy (non-hydrogen) atoms. The molecule has 0 fully saturated rings. The molecule has 0 saturated heterocycles. The van der Waals surface area contributed by atoms with Crippen LogP contribution in [0.3, 0.4) is 0 Å². The van der Waals surface area contributed by atoms with Crippen LogP contribution >= 0.6 is 11.8 Å². The molecular weight excluding hydrogens is 921 g/mol. The molecule has 14 nitrogen and oxygen atoms in total. The molecular formula is C56H98N4O10S. The monoisotopic (exact) mass is 1020 g/mol. The van der Waals surface area contributed by atoms with E-state index in [9.17, 15) is 33.9 Å². The number of unbranched alkanes of at least 4 members (excludes halogenated alkanes) is 30. The fourth-order valence-electron chi connectivity index (χ4n) is 8.33. The van der Waals surface area contributed by atoms with Crippen LogP contribution in [-0.4, -0.2) is 89.5 Å². The van der Waals surface area contributed by atoms with E-state index in [1.54, 1.807) is 0 Å². The van der Waals surface area contributed by atoms with Crippen molar-refractivity contribution in [3.05, 3.63) is 29.8 Å². The Bertz CT molecular complexity index is 1520. The first-order chi connectivity index (χ1) is 34.5. The molecule has 0 saturated carbocycles. The lowest BCUT2D eigenvalue weighted by Gasteiger charge is -2.18. The van der Waals surface area contributed by atoms with E-state index in [-0.39, 0.29) is 30.9 Å². The minimum absolute atomic E-state index is 0.122. The van der Waals surface area contributed by atoms with Crippen molar-refractivity contribution in [3.63, 3.8) is 0 Å². The summed E-state index contributed by atoms with van der Waals surface area (Å²) in [6.07, 6.45) is 38.5. The summed E-state index contributed by atoms with van der Waals surface area (Å²) >= 11 is 1.39. The molecule has 0 radical (unpaired) electrons. The van der Waals surface area contributed by atoms with E-state index in [0.29, 0.717) is 30.3 Å². The van der Waals surface area contributed by atoms with Gasteiger partial charge in [-0.3, -0.25) is 14.4 Å². The summed E-state index contributed by atoms with van der Waals surface area (Å²) in [7, 11) is 0. The van der Waals surface area contributed by atoms with E-state index in [1.807, 2.05) is 0 Å². The van der Waals surface area contributed by atoms with Crippen LogP contribution < -0.4 is 21.3 Å². The highest BCUT2D eigenvalue weighted by molar-refractivity contribution is 7.99. The third-order valence-corrected chi connectivity index (χ3v) is 13.8. The van der Waals surface area contributed by atoms with Crippen LogP contribution in [0.25, 0.3) is 0 Å². The number of benzene rings is 1. The predicted molar refractivity (Wildman–Crippen MR) is 289 cm³/mol. The number of alkyl carbamates (subject to hydrolysis) is 2. The Hall–Kier alpha value is -4.01. The van der Waals surface area contributed by atoms with Gasteiger partial charge in [-0.15, -0.1) is 0 Å². The molecule has 2 atom stereocenters. The van der Waals surface area contributed by atoms with Crippen LogP contribution in [0.1, 0.15) is 249 Å². The van der Waals surface area contributed by atoms with Gasteiger partial charge < -0.3 is 41.0 Å². The number of carbonyl (C=O) groups is 6. The molecule has 1 rings (SSSR count). The topological polar surface area (TPSA) is 209 Å². The molecule has 0 aliphatic heterocycles. The first-order valence-corrected chi connectivity index (χ1v) is 29.3. The van der Waals surface area contributed by atoms with Gasteiger partial charge in [0, 0.05) is 48.7 Å². The summed E-state index contributed by atoms with van der Waals surface area (Å²) in [6, 6.07) is 4.53. The van der Waals surface area contributed by atoms with Gasteiger partial charge in [-0.2, -0.15) is 11.8 Å². The average molecular weight is 1020 g/mol. The van der Waals surface area contributed by atoms with Crippen molar-refractivity contribution in [1.82, 2.24) is 16.0 Å². The minimum Gasteiger partial charge on any atom is -0.481 e. The number of carboxylic acid groups (broad SMARTS) is 2. The number of amides is 4. The van der Waals surface area contributed by atoms with Crippen LogP contribution in [0.2, 0.25) is 0 Å². The third-order valence-electron chi connectivity index (χ3n) is 12.7. The molecule has 2 unspecified atom stereocenters. The first kappa shape index (κ1) is 65.0. The molecule has 4 amide bonds.